The number of para-hydroxylation sites is 2. The summed E-state index contributed by atoms with van der Waals surface area (Å²) in [6, 6.07) is 4.70. The lowest BCUT2D eigenvalue weighted by molar-refractivity contribution is -0.119. The molecule has 0 aliphatic rings. The number of amides is 3. The molecule has 1 unspecified atom stereocenters. The summed E-state index contributed by atoms with van der Waals surface area (Å²) in [6.07, 6.45) is 0. The third-order valence-electron chi connectivity index (χ3n) is 1.95. The summed E-state index contributed by atoms with van der Waals surface area (Å²) >= 11 is 5.46. The normalized spacial score (nSPS) is 11.8. The Labute approximate surface area is 112 Å². The Bertz CT molecular complexity index is 469. The van der Waals surface area contributed by atoms with Crippen LogP contribution in [0.2, 0.25) is 0 Å². The molecule has 5 nitrogen and oxygen atoms in total. The molecule has 0 radical (unpaired) electrons. The predicted octanol–water partition coefficient (Wildman–Crippen LogP) is 2.56. The van der Waals surface area contributed by atoms with E-state index in [2.05, 4.69) is 10.1 Å². The zero-order chi connectivity index (χ0) is 14.4. The number of carbonyl (C=O) groups is 2. The first-order valence-electron chi connectivity index (χ1n) is 5.20. The van der Waals surface area contributed by atoms with Crippen LogP contribution in [-0.4, -0.2) is 23.9 Å². The number of urea groups is 1. The monoisotopic (exact) mass is 292 g/mol. The van der Waals surface area contributed by atoms with Gasteiger partial charge in [-0.25, -0.2) is 4.79 Å². The van der Waals surface area contributed by atoms with Crippen LogP contribution in [0.5, 0.6) is 5.75 Å². The van der Waals surface area contributed by atoms with Crippen LogP contribution in [0.15, 0.2) is 24.3 Å². The average Bonchev–Trinajstić information content (AvgIpc) is 2.30. The molecule has 1 aromatic rings. The highest BCUT2D eigenvalue weighted by Gasteiger charge is 2.15. The predicted molar refractivity (Wildman–Crippen MR) is 65.6 cm³/mol. The fourth-order valence-electron chi connectivity index (χ4n) is 1.13. The molecule has 1 rings (SSSR count). The molecular formula is C11H11ClF2N2O3. The number of nitrogens with one attached hydrogen (secondary N) is 2. The smallest absolute Gasteiger partial charge is 0.387 e. The molecule has 1 aromatic carbocycles. The molecule has 0 aliphatic carbocycles. The van der Waals surface area contributed by atoms with Crippen LogP contribution in [0, 0.1) is 0 Å². The van der Waals surface area contributed by atoms with Crippen molar-refractivity contribution in [3.05, 3.63) is 24.3 Å². The van der Waals surface area contributed by atoms with E-state index < -0.39 is 23.9 Å². The van der Waals surface area contributed by atoms with Gasteiger partial charge in [0.25, 0.3) is 0 Å². The van der Waals surface area contributed by atoms with Crippen LogP contribution in [0.1, 0.15) is 6.92 Å². The quantitative estimate of drug-likeness (QED) is 0.838. The van der Waals surface area contributed by atoms with Crippen LogP contribution in [0.25, 0.3) is 0 Å². The molecule has 104 valence electrons. The largest absolute Gasteiger partial charge is 0.433 e. The Hall–Kier alpha value is -1.89. The van der Waals surface area contributed by atoms with E-state index in [9.17, 15) is 18.4 Å². The molecule has 19 heavy (non-hydrogen) atoms. The lowest BCUT2D eigenvalue weighted by Gasteiger charge is -2.12. The number of hydrogen-bond acceptors (Lipinski definition) is 3. The minimum absolute atomic E-state index is 0.00956. The Morgan fingerprint density at radius 3 is 2.53 bits per heavy atom. The van der Waals surface area contributed by atoms with Gasteiger partial charge in [0.1, 0.15) is 11.1 Å². The summed E-state index contributed by atoms with van der Waals surface area (Å²) in [7, 11) is 0. The van der Waals surface area contributed by atoms with Gasteiger partial charge >= 0.3 is 12.6 Å². The number of rotatable bonds is 4. The first-order valence-corrected chi connectivity index (χ1v) is 5.63. The fraction of sp³-hybridized carbons (Fsp3) is 0.273. The van der Waals surface area contributed by atoms with Crippen LogP contribution in [0.3, 0.4) is 0 Å². The van der Waals surface area contributed by atoms with Gasteiger partial charge in [-0.2, -0.15) is 8.78 Å². The molecule has 0 aliphatic heterocycles. The van der Waals surface area contributed by atoms with Gasteiger partial charge in [-0.3, -0.25) is 10.1 Å². The number of anilines is 1. The fourth-order valence-corrected chi connectivity index (χ4v) is 1.19. The first-order chi connectivity index (χ1) is 8.90. The summed E-state index contributed by atoms with van der Waals surface area (Å²) in [5, 5.41) is 3.27. The van der Waals surface area contributed by atoms with Crippen molar-refractivity contribution in [2.75, 3.05) is 5.32 Å². The summed E-state index contributed by atoms with van der Waals surface area (Å²) in [5.41, 5.74) is 0.00956. The van der Waals surface area contributed by atoms with Crippen molar-refractivity contribution in [2.45, 2.75) is 18.9 Å². The van der Waals surface area contributed by atoms with Crippen molar-refractivity contribution in [2.24, 2.45) is 0 Å². The topological polar surface area (TPSA) is 67.4 Å². The Balaban J connectivity index is 2.71. The van der Waals surface area contributed by atoms with Crippen LogP contribution < -0.4 is 15.4 Å². The molecule has 0 spiro atoms. The van der Waals surface area contributed by atoms with Crippen molar-refractivity contribution in [3.63, 3.8) is 0 Å². The number of carbonyl (C=O) groups excluding carboxylic acids is 2. The standard InChI is InChI=1S/C11H11ClF2N2O3/c1-6(12)9(17)16-11(18)15-7-4-2-3-5-8(7)19-10(13)14/h2-6,10H,1H3,(H2,15,16,17,18). The number of hydrogen-bond donors (Lipinski definition) is 2. The van der Waals surface area contributed by atoms with Gasteiger partial charge in [0.15, 0.2) is 0 Å². The minimum atomic E-state index is -3.02. The third-order valence-corrected chi connectivity index (χ3v) is 2.15. The Morgan fingerprint density at radius 2 is 1.95 bits per heavy atom. The van der Waals surface area contributed by atoms with Gasteiger partial charge in [-0.1, -0.05) is 12.1 Å². The average molecular weight is 293 g/mol. The molecule has 0 saturated carbocycles. The lowest BCUT2D eigenvalue weighted by Crippen LogP contribution is -2.38. The van der Waals surface area contributed by atoms with Crippen molar-refractivity contribution in [1.82, 2.24) is 5.32 Å². The van der Waals surface area contributed by atoms with E-state index in [1.807, 2.05) is 5.32 Å². The molecule has 2 N–H and O–H groups in total. The maximum Gasteiger partial charge on any atom is 0.387 e. The van der Waals surface area contributed by atoms with Gasteiger partial charge in [0.2, 0.25) is 5.91 Å². The van der Waals surface area contributed by atoms with Gasteiger partial charge in [-0.15, -0.1) is 11.6 Å². The zero-order valence-corrected chi connectivity index (χ0v) is 10.6. The lowest BCUT2D eigenvalue weighted by atomic mass is 10.3. The van der Waals surface area contributed by atoms with E-state index in [0.717, 1.165) is 0 Å². The maximum atomic E-state index is 12.1. The molecule has 1 atom stereocenters. The second-order valence-electron chi connectivity index (χ2n) is 3.43. The third kappa shape index (κ3) is 5.09. The van der Waals surface area contributed by atoms with Gasteiger partial charge < -0.3 is 10.1 Å². The van der Waals surface area contributed by atoms with Crippen molar-refractivity contribution < 1.29 is 23.1 Å². The van der Waals surface area contributed by atoms with E-state index in [4.69, 9.17) is 11.6 Å². The van der Waals surface area contributed by atoms with Gasteiger partial charge in [0, 0.05) is 0 Å². The highest BCUT2D eigenvalue weighted by Crippen LogP contribution is 2.25. The summed E-state index contributed by atoms with van der Waals surface area (Å²) in [6.45, 7) is -1.63. The maximum absolute atomic E-state index is 12.1. The number of halogens is 3. The highest BCUT2D eigenvalue weighted by molar-refractivity contribution is 6.31. The van der Waals surface area contributed by atoms with Gasteiger partial charge in [0.05, 0.1) is 5.69 Å². The van der Waals surface area contributed by atoms with Crippen LogP contribution in [-0.2, 0) is 4.79 Å². The molecule has 0 aromatic heterocycles. The molecule has 3 amide bonds. The Kier molecular flexibility index (Phi) is 5.50. The second-order valence-corrected chi connectivity index (χ2v) is 4.09. The van der Waals surface area contributed by atoms with Crippen molar-refractivity contribution in [1.29, 1.82) is 0 Å². The van der Waals surface area contributed by atoms with Crippen LogP contribution in [0.4, 0.5) is 19.3 Å². The van der Waals surface area contributed by atoms with E-state index in [0.29, 0.717) is 0 Å². The second kappa shape index (κ2) is 6.89. The summed E-state index contributed by atoms with van der Waals surface area (Å²) < 4.78 is 28.5. The molecule has 8 heteroatoms. The minimum Gasteiger partial charge on any atom is -0.433 e. The number of imide groups is 1. The molecule has 0 bridgehead atoms. The zero-order valence-electron chi connectivity index (χ0n) is 9.82. The molecule has 0 fully saturated rings. The highest BCUT2D eigenvalue weighted by atomic mass is 35.5. The van der Waals surface area contributed by atoms with Crippen LogP contribution >= 0.6 is 11.6 Å². The molecular weight excluding hydrogens is 282 g/mol. The number of benzene rings is 1. The summed E-state index contributed by atoms with van der Waals surface area (Å²) in [5.74, 6) is -0.912. The first kappa shape index (κ1) is 15.2. The number of alkyl halides is 3. The van der Waals surface area contributed by atoms with E-state index in [1.54, 1.807) is 0 Å². The van der Waals surface area contributed by atoms with Crippen molar-refractivity contribution in [3.8, 4) is 5.75 Å². The Morgan fingerprint density at radius 1 is 1.32 bits per heavy atom. The van der Waals surface area contributed by atoms with Gasteiger partial charge in [-0.05, 0) is 19.1 Å². The molecule has 0 heterocycles. The van der Waals surface area contributed by atoms with E-state index in [1.165, 1.54) is 31.2 Å². The SMILES string of the molecule is CC(Cl)C(=O)NC(=O)Nc1ccccc1OC(F)F. The summed E-state index contributed by atoms with van der Waals surface area (Å²) in [4.78, 5) is 22.6. The molecule has 0 saturated heterocycles. The van der Waals surface area contributed by atoms with E-state index >= 15 is 0 Å². The van der Waals surface area contributed by atoms with Crippen molar-refractivity contribution >= 4 is 29.2 Å². The van der Waals surface area contributed by atoms with E-state index in [-0.39, 0.29) is 11.4 Å². The number of ether oxygens (including phenoxy) is 1.